The zero-order valence-corrected chi connectivity index (χ0v) is 22.1. The van der Waals surface area contributed by atoms with Crippen LogP contribution in [0.25, 0.3) is 0 Å². The number of aliphatic carboxylic acids is 1. The molecule has 1 saturated carbocycles. The van der Waals surface area contributed by atoms with Crippen molar-refractivity contribution in [1.29, 1.82) is 0 Å². The Bertz CT molecular complexity index is 903. The fourth-order valence-electron chi connectivity index (χ4n) is 4.76. The Kier molecular flexibility index (Phi) is 8.49. The number of carbonyl (C=O) groups is 3. The van der Waals surface area contributed by atoms with Crippen molar-refractivity contribution in [2.45, 2.75) is 102 Å². The Morgan fingerprint density at radius 1 is 1.09 bits per heavy atom. The van der Waals surface area contributed by atoms with Crippen LogP contribution in [0.1, 0.15) is 73.6 Å². The van der Waals surface area contributed by atoms with Gasteiger partial charge in [0.25, 0.3) is 0 Å². The lowest BCUT2D eigenvalue weighted by molar-refractivity contribution is -0.150. The molecule has 2 aliphatic rings. The fourth-order valence-corrected chi connectivity index (χ4v) is 6.78. The standard InChI is InChI=1S/C24H41N3O6S/c1-8-15-13-17(21(29)30)27(14-15)20(28)19(23(2,3)4)26-22(31)25-16-11-9-10-12-18(16)34(32,33)24(5,6)7/h8,15-19H,1,9-14H2,2-7H3,(H,29,30)(H2,25,26,31)/t15-,16+,17+,18-,19-/m1/s1. The molecule has 194 valence electrons. The van der Waals surface area contributed by atoms with Gasteiger partial charge in [-0.05, 0) is 51.4 Å². The van der Waals surface area contributed by atoms with E-state index in [0.717, 1.165) is 12.8 Å². The molecule has 0 spiro atoms. The highest BCUT2D eigenvalue weighted by Gasteiger charge is 2.46. The van der Waals surface area contributed by atoms with E-state index in [9.17, 15) is 27.9 Å². The zero-order chi connectivity index (χ0) is 26.1. The summed E-state index contributed by atoms with van der Waals surface area (Å²) in [5.41, 5.74) is -0.701. The van der Waals surface area contributed by atoms with Crippen LogP contribution in [0.2, 0.25) is 0 Å². The molecule has 0 bridgehead atoms. The molecule has 2 fully saturated rings. The molecule has 10 heteroatoms. The molecule has 3 N–H and O–H groups in total. The maximum atomic E-state index is 13.4. The Hall–Kier alpha value is -2.10. The molecule has 1 heterocycles. The molecular weight excluding hydrogens is 458 g/mol. The largest absolute Gasteiger partial charge is 0.480 e. The van der Waals surface area contributed by atoms with Crippen LogP contribution in [0.4, 0.5) is 4.79 Å². The second kappa shape index (κ2) is 10.3. The Morgan fingerprint density at radius 3 is 2.18 bits per heavy atom. The number of nitrogens with one attached hydrogen (secondary N) is 2. The molecule has 0 aromatic carbocycles. The zero-order valence-electron chi connectivity index (χ0n) is 21.3. The average molecular weight is 500 g/mol. The predicted octanol–water partition coefficient (Wildman–Crippen LogP) is 2.71. The van der Waals surface area contributed by atoms with Gasteiger partial charge >= 0.3 is 12.0 Å². The van der Waals surface area contributed by atoms with Gasteiger partial charge < -0.3 is 20.6 Å². The molecule has 0 aromatic rings. The number of amides is 3. The molecular formula is C24H41N3O6S. The first kappa shape index (κ1) is 28.1. The van der Waals surface area contributed by atoms with Crippen molar-refractivity contribution in [3.8, 4) is 0 Å². The normalized spacial score (nSPS) is 27.1. The Balaban J connectivity index is 2.22. The molecule has 2 rings (SSSR count). The number of nitrogens with zero attached hydrogens (tertiary/aromatic N) is 1. The van der Waals surface area contributed by atoms with E-state index in [0.29, 0.717) is 12.8 Å². The highest BCUT2D eigenvalue weighted by molar-refractivity contribution is 7.93. The van der Waals surface area contributed by atoms with Crippen molar-refractivity contribution in [2.24, 2.45) is 11.3 Å². The lowest BCUT2D eigenvalue weighted by Gasteiger charge is -2.38. The number of sulfone groups is 1. The van der Waals surface area contributed by atoms with Gasteiger partial charge in [0.2, 0.25) is 5.91 Å². The third-order valence-corrected chi connectivity index (χ3v) is 9.96. The van der Waals surface area contributed by atoms with Crippen LogP contribution in [-0.2, 0) is 19.4 Å². The van der Waals surface area contributed by atoms with Crippen LogP contribution in [0, 0.1) is 11.3 Å². The highest BCUT2D eigenvalue weighted by atomic mass is 32.2. The minimum atomic E-state index is -3.50. The molecule has 34 heavy (non-hydrogen) atoms. The third-order valence-electron chi connectivity index (χ3n) is 6.89. The van der Waals surface area contributed by atoms with E-state index in [1.54, 1.807) is 47.6 Å². The predicted molar refractivity (Wildman–Crippen MR) is 131 cm³/mol. The maximum Gasteiger partial charge on any atom is 0.326 e. The molecule has 0 aromatic heterocycles. The number of hydrogen-bond donors (Lipinski definition) is 3. The summed E-state index contributed by atoms with van der Waals surface area (Å²) in [7, 11) is -3.50. The minimum Gasteiger partial charge on any atom is -0.480 e. The molecule has 5 atom stereocenters. The third kappa shape index (κ3) is 6.12. The van der Waals surface area contributed by atoms with Gasteiger partial charge in [0.15, 0.2) is 9.84 Å². The molecule has 3 amide bonds. The van der Waals surface area contributed by atoms with Crippen LogP contribution >= 0.6 is 0 Å². The van der Waals surface area contributed by atoms with Crippen LogP contribution < -0.4 is 10.6 Å². The average Bonchev–Trinajstić information content (AvgIpc) is 3.15. The van der Waals surface area contributed by atoms with Gasteiger partial charge in [-0.2, -0.15) is 0 Å². The highest BCUT2D eigenvalue weighted by Crippen LogP contribution is 2.32. The van der Waals surface area contributed by atoms with Crippen molar-refractivity contribution in [1.82, 2.24) is 15.5 Å². The van der Waals surface area contributed by atoms with Gasteiger partial charge in [0, 0.05) is 12.6 Å². The number of carboxylic acids is 1. The summed E-state index contributed by atoms with van der Waals surface area (Å²) < 4.78 is 25.3. The Morgan fingerprint density at radius 2 is 1.68 bits per heavy atom. The van der Waals surface area contributed by atoms with Gasteiger partial charge in [0.05, 0.1) is 10.00 Å². The monoisotopic (exact) mass is 499 g/mol. The number of rotatable bonds is 6. The van der Waals surface area contributed by atoms with Crippen molar-refractivity contribution < 1.29 is 27.9 Å². The molecule has 0 radical (unpaired) electrons. The quantitative estimate of drug-likeness (QED) is 0.481. The lowest BCUT2D eigenvalue weighted by atomic mass is 9.85. The Labute approximate surface area is 203 Å². The van der Waals surface area contributed by atoms with Gasteiger partial charge in [-0.1, -0.05) is 39.7 Å². The van der Waals surface area contributed by atoms with Crippen molar-refractivity contribution in [3.63, 3.8) is 0 Å². The summed E-state index contributed by atoms with van der Waals surface area (Å²) in [6, 6.07) is -3.15. The maximum absolute atomic E-state index is 13.4. The van der Waals surface area contributed by atoms with Crippen molar-refractivity contribution in [3.05, 3.63) is 12.7 Å². The molecule has 1 aliphatic carbocycles. The minimum absolute atomic E-state index is 0.134. The van der Waals surface area contributed by atoms with Crippen LogP contribution in [0.3, 0.4) is 0 Å². The van der Waals surface area contributed by atoms with E-state index >= 15 is 0 Å². The van der Waals surface area contributed by atoms with Crippen molar-refractivity contribution >= 4 is 27.7 Å². The summed E-state index contributed by atoms with van der Waals surface area (Å²) in [5.74, 6) is -1.70. The van der Waals surface area contributed by atoms with Crippen LogP contribution in [-0.4, -0.2) is 71.0 Å². The van der Waals surface area contributed by atoms with Gasteiger partial charge in [0.1, 0.15) is 12.1 Å². The number of carboxylic acid groups (broad SMARTS) is 1. The molecule has 9 nitrogen and oxygen atoms in total. The summed E-state index contributed by atoms with van der Waals surface area (Å²) in [6.45, 7) is 14.3. The number of carbonyl (C=O) groups excluding carboxylic acids is 2. The second-order valence-electron chi connectivity index (χ2n) is 11.6. The lowest BCUT2D eigenvalue weighted by Crippen LogP contribution is -2.61. The summed E-state index contributed by atoms with van der Waals surface area (Å²) in [5, 5.41) is 14.5. The van der Waals surface area contributed by atoms with Gasteiger partial charge in [-0.15, -0.1) is 6.58 Å². The van der Waals surface area contributed by atoms with E-state index in [2.05, 4.69) is 17.2 Å². The van der Waals surface area contributed by atoms with Crippen LogP contribution in [0.15, 0.2) is 12.7 Å². The molecule has 1 saturated heterocycles. The van der Waals surface area contributed by atoms with Crippen molar-refractivity contribution in [2.75, 3.05) is 6.54 Å². The molecule has 1 aliphatic heterocycles. The SMILES string of the molecule is C=C[C@@H]1C[C@@H](C(=O)O)N(C(=O)[C@@H](NC(=O)N[C@H]2CCCC[C@H]2S(=O)(=O)C(C)(C)C)C(C)(C)C)C1. The van der Waals surface area contributed by atoms with Gasteiger partial charge in [-0.3, -0.25) is 4.79 Å². The summed E-state index contributed by atoms with van der Waals surface area (Å²) in [6.07, 6.45) is 4.52. The first-order valence-electron chi connectivity index (χ1n) is 12.0. The number of hydrogen-bond acceptors (Lipinski definition) is 5. The summed E-state index contributed by atoms with van der Waals surface area (Å²) >= 11 is 0. The van der Waals surface area contributed by atoms with E-state index in [1.165, 1.54) is 4.90 Å². The molecule has 0 unspecified atom stereocenters. The first-order chi connectivity index (χ1) is 15.5. The first-order valence-corrected chi connectivity index (χ1v) is 13.5. The van der Waals surface area contributed by atoms with E-state index < -0.39 is 61.3 Å². The number of urea groups is 1. The van der Waals surface area contributed by atoms with E-state index in [1.807, 2.05) is 0 Å². The van der Waals surface area contributed by atoms with E-state index in [4.69, 9.17) is 0 Å². The van der Waals surface area contributed by atoms with E-state index in [-0.39, 0.29) is 18.9 Å². The smallest absolute Gasteiger partial charge is 0.326 e. The topological polar surface area (TPSA) is 133 Å². The fraction of sp³-hybridized carbons (Fsp3) is 0.792. The van der Waals surface area contributed by atoms with Gasteiger partial charge in [-0.25, -0.2) is 18.0 Å². The van der Waals surface area contributed by atoms with Crippen LogP contribution in [0.5, 0.6) is 0 Å². The number of likely N-dealkylation sites (tertiary alicyclic amines) is 1. The second-order valence-corrected chi connectivity index (χ2v) is 14.5. The summed E-state index contributed by atoms with van der Waals surface area (Å²) in [4.78, 5) is 39.5.